The third-order valence-corrected chi connectivity index (χ3v) is 18.0. The third-order valence-electron chi connectivity index (χ3n) is 11.9. The molecule has 0 bridgehead atoms. The molecule has 2 amide bonds. The van der Waals surface area contributed by atoms with E-state index in [-0.39, 0.29) is 53.5 Å². The first kappa shape index (κ1) is 48.9. The predicted octanol–water partition coefficient (Wildman–Crippen LogP) is 4.16. The van der Waals surface area contributed by atoms with Crippen molar-refractivity contribution in [3.63, 3.8) is 0 Å². The molecule has 0 saturated carbocycles. The molecular formula is C41H54BN11O11PSi. The molecule has 66 heavy (non-hydrogen) atoms. The van der Waals surface area contributed by atoms with E-state index >= 15 is 0 Å². The van der Waals surface area contributed by atoms with Gasteiger partial charge in [-0.15, -0.1) is 0 Å². The molecular weight excluding hydrogens is 892 g/mol. The third kappa shape index (κ3) is 10.1. The Balaban J connectivity index is 1.18. The predicted molar refractivity (Wildman–Crippen MR) is 243 cm³/mol. The molecule has 4 aromatic heterocycles. The van der Waals surface area contributed by atoms with Gasteiger partial charge in [0.05, 0.1) is 37.9 Å². The van der Waals surface area contributed by atoms with Gasteiger partial charge < -0.3 is 29.4 Å². The number of anilines is 2. The van der Waals surface area contributed by atoms with Gasteiger partial charge in [-0.25, -0.2) is 33.5 Å². The Morgan fingerprint density at radius 1 is 1.00 bits per heavy atom. The lowest BCUT2D eigenvalue weighted by molar-refractivity contribution is -0.118. The van der Waals surface area contributed by atoms with Crippen LogP contribution in [0.2, 0.25) is 18.1 Å². The Hall–Kier alpha value is -5.06. The molecule has 0 aliphatic carbocycles. The highest BCUT2D eigenvalue weighted by Crippen LogP contribution is 2.61. The summed E-state index contributed by atoms with van der Waals surface area (Å²) < 4.78 is 41.9. The standard InChI is InChI=1S/C41H53BN11O11PSi/c1-22(2)35(56)50-40-49-34-28(37(58)51-40)47-21-53(34)39-31(30(25(17-54)61-39)64-66(7,8)41(4,5)6)63-65(42,59-16-12-15-43)60-18-26-29(55)23(3)38(62-26)52-20-46-27-32(44-19-45-33(27)52)48-36(57)24-13-10-9-11-14-24/h9-11,13-14,19-23,25-26,29-31,38-39,54-55H,12,16-18H2,1-8H3,(H2-,44,45,48,49,50,51,56,57,58)/q-1/p+1/t23-,25?,26+,29+,30-,31-,38?,39+,65?/m0/s1. The van der Waals surface area contributed by atoms with Crippen LogP contribution in [0.1, 0.15) is 70.8 Å². The van der Waals surface area contributed by atoms with Crippen LogP contribution in [-0.4, -0.2) is 127 Å². The average Bonchev–Trinajstić information content (AvgIpc) is 4.04. The summed E-state index contributed by atoms with van der Waals surface area (Å²) in [6.45, 7) is 14.2. The number of aromatic amines is 1. The molecule has 9 atom stereocenters. The van der Waals surface area contributed by atoms with Crippen LogP contribution in [-0.2, 0) is 32.3 Å². The Kier molecular flexibility index (Phi) is 14.5. The zero-order valence-corrected chi connectivity index (χ0v) is 39.7. The molecule has 3 unspecified atom stereocenters. The van der Waals surface area contributed by atoms with Gasteiger partial charge >= 0.3 is 0 Å². The fourth-order valence-electron chi connectivity index (χ4n) is 7.19. The number of imidazole rings is 2. The number of benzene rings is 1. The minimum Gasteiger partial charge on any atom is -0.408 e. The van der Waals surface area contributed by atoms with Crippen LogP contribution < -0.4 is 16.2 Å². The summed E-state index contributed by atoms with van der Waals surface area (Å²) in [6, 6.07) is 10.7. The van der Waals surface area contributed by atoms with E-state index < -0.39 is 89.0 Å². The molecule has 5 aromatic rings. The summed E-state index contributed by atoms with van der Waals surface area (Å²) in [7, 11) is 0.208. The van der Waals surface area contributed by atoms with Crippen molar-refractivity contribution in [3.8, 4) is 6.07 Å². The summed E-state index contributed by atoms with van der Waals surface area (Å²) in [5.74, 6) is -1.71. The smallest absolute Gasteiger partial charge is 0.280 e. The van der Waals surface area contributed by atoms with E-state index in [1.807, 2.05) is 39.9 Å². The fraction of sp³-hybridized carbons (Fsp3) is 0.537. The minimum atomic E-state index is -4.07. The van der Waals surface area contributed by atoms with Gasteiger partial charge in [-0.05, 0) is 30.3 Å². The molecule has 2 saturated heterocycles. The Labute approximate surface area is 382 Å². The summed E-state index contributed by atoms with van der Waals surface area (Å²) >= 11 is 0. The van der Waals surface area contributed by atoms with E-state index in [1.165, 1.54) is 23.5 Å². The SMILES string of the molecule is [B-][P+](OCCC#N)(OC[C@H]1OC(n2cnc3c(NC(=O)c4ccccc4)ncnc32)[C@@H](C)[C@H]1O)O[C@@H]1[C@H](n2cnc3c(=O)[nH]c(NC(=O)C(C)C)nc32)OC(CO)[C@@H]1O[Si](C)(C)C(C)(C)C. The van der Waals surface area contributed by atoms with E-state index in [1.54, 1.807) is 55.7 Å². The van der Waals surface area contributed by atoms with Crippen molar-refractivity contribution in [3.05, 3.63) is 65.2 Å². The van der Waals surface area contributed by atoms with E-state index in [0.29, 0.717) is 16.7 Å². The van der Waals surface area contributed by atoms with Crippen molar-refractivity contribution >= 4 is 69.6 Å². The molecule has 22 nitrogen and oxygen atoms in total. The maximum absolute atomic E-state index is 13.3. The number of rotatable bonds is 17. The van der Waals surface area contributed by atoms with Crippen LogP contribution in [0, 0.1) is 23.2 Å². The number of hydrogen-bond donors (Lipinski definition) is 5. The second kappa shape index (κ2) is 19.7. The molecule has 25 heteroatoms. The van der Waals surface area contributed by atoms with E-state index in [0.717, 1.165) is 0 Å². The number of aliphatic hydroxyl groups is 2. The maximum Gasteiger partial charge on any atom is 0.280 e. The second-order valence-electron chi connectivity index (χ2n) is 17.9. The number of fused-ring (bicyclic) bond motifs is 2. The number of aromatic nitrogens is 8. The number of nitrogens with one attached hydrogen (secondary N) is 3. The highest BCUT2D eigenvalue weighted by Gasteiger charge is 2.55. The van der Waals surface area contributed by atoms with Crippen molar-refractivity contribution in [1.29, 1.82) is 5.26 Å². The molecule has 0 spiro atoms. The van der Waals surface area contributed by atoms with Gasteiger partial charge in [-0.1, -0.05) is 59.7 Å². The summed E-state index contributed by atoms with van der Waals surface area (Å²) in [5.41, 5.74) is 0.350. The molecule has 3 radical (unpaired) electrons. The van der Waals surface area contributed by atoms with Crippen molar-refractivity contribution < 1.29 is 47.3 Å². The minimum absolute atomic E-state index is 0.0128. The van der Waals surface area contributed by atoms with Crippen LogP contribution in [0.5, 0.6) is 0 Å². The molecule has 7 rings (SSSR count). The van der Waals surface area contributed by atoms with Crippen LogP contribution in [0.15, 0.2) is 54.1 Å². The number of amides is 2. The Bertz CT molecular complexity index is 2640. The lowest BCUT2D eigenvalue weighted by Gasteiger charge is -2.42. The molecule has 2 fully saturated rings. The van der Waals surface area contributed by atoms with Gasteiger partial charge in [0.1, 0.15) is 51.9 Å². The zero-order chi connectivity index (χ0) is 47.7. The summed E-state index contributed by atoms with van der Waals surface area (Å²) in [4.78, 5) is 63.3. The van der Waals surface area contributed by atoms with E-state index in [9.17, 15) is 29.9 Å². The topological polar surface area (TPSA) is 285 Å². The van der Waals surface area contributed by atoms with Gasteiger partial charge in [0.2, 0.25) is 11.9 Å². The first-order valence-electron chi connectivity index (χ1n) is 21.4. The second-order valence-corrected chi connectivity index (χ2v) is 24.5. The molecule has 351 valence electrons. The van der Waals surface area contributed by atoms with Crippen LogP contribution in [0.3, 0.4) is 0 Å². The van der Waals surface area contributed by atoms with Crippen molar-refractivity contribution in [1.82, 2.24) is 39.0 Å². The van der Waals surface area contributed by atoms with Gasteiger partial charge in [0, 0.05) is 17.4 Å². The lowest BCUT2D eigenvalue weighted by Crippen LogP contribution is -2.50. The van der Waals surface area contributed by atoms with Crippen LogP contribution in [0.25, 0.3) is 22.3 Å². The molecule has 5 N–H and O–H groups in total. The van der Waals surface area contributed by atoms with Gasteiger partial charge in [0.15, 0.2) is 48.8 Å². The van der Waals surface area contributed by atoms with E-state index in [4.69, 9.17) is 35.0 Å². The van der Waals surface area contributed by atoms with Gasteiger partial charge in [-0.3, -0.25) is 33.8 Å². The first-order valence-corrected chi connectivity index (χ1v) is 25.9. The highest BCUT2D eigenvalue weighted by atomic mass is 31.2. The molecule has 2 aliphatic rings. The highest BCUT2D eigenvalue weighted by molar-refractivity contribution is 7.85. The van der Waals surface area contributed by atoms with Crippen LogP contribution in [0.4, 0.5) is 11.8 Å². The maximum atomic E-state index is 13.3. The zero-order valence-electron chi connectivity index (χ0n) is 37.8. The molecule has 6 heterocycles. The number of hydrogen-bond acceptors (Lipinski definition) is 17. The Morgan fingerprint density at radius 3 is 2.35 bits per heavy atom. The normalized spacial score (nSPS) is 24.5. The number of H-pyrrole nitrogens is 1. The number of ether oxygens (including phenoxy) is 2. The monoisotopic (exact) mass is 946 g/mol. The van der Waals surface area contributed by atoms with Crippen LogP contribution >= 0.6 is 7.82 Å². The fourth-order valence-corrected chi connectivity index (χ4v) is 9.97. The van der Waals surface area contributed by atoms with Gasteiger partial charge in [0.25, 0.3) is 11.5 Å². The van der Waals surface area contributed by atoms with E-state index in [2.05, 4.69) is 40.5 Å². The largest absolute Gasteiger partial charge is 0.408 e. The Morgan fingerprint density at radius 2 is 1.68 bits per heavy atom. The number of aliphatic hydroxyl groups excluding tert-OH is 2. The number of carbonyl (C=O) groups is 2. The van der Waals surface area contributed by atoms with Crippen molar-refractivity contribution in [2.45, 2.75) is 109 Å². The van der Waals surface area contributed by atoms with Crippen molar-refractivity contribution in [2.75, 3.05) is 30.5 Å². The lowest BCUT2D eigenvalue weighted by atomic mass is 10.0. The number of nitrogens with zero attached hydrogens (tertiary/aromatic N) is 8. The summed E-state index contributed by atoms with van der Waals surface area (Å²) in [5, 5.41) is 36.9. The van der Waals surface area contributed by atoms with Gasteiger partial charge in [-0.2, -0.15) is 17.8 Å². The average molecular weight is 947 g/mol. The molecule has 1 aromatic carbocycles. The molecule has 2 aliphatic heterocycles. The summed E-state index contributed by atoms with van der Waals surface area (Å²) in [6.07, 6.45) is -3.46. The first-order chi connectivity index (χ1) is 31.3. The quantitative estimate of drug-likeness (QED) is 0.0497. The number of carbonyl (C=O) groups excluding carboxylic acids is 2. The van der Waals surface area contributed by atoms with Crippen molar-refractivity contribution in [2.24, 2.45) is 11.8 Å². The number of nitriles is 1.